The van der Waals surface area contributed by atoms with Gasteiger partial charge in [-0.3, -0.25) is 4.79 Å². The Morgan fingerprint density at radius 1 is 1.21 bits per heavy atom. The molecule has 2 aliphatic carbocycles. The summed E-state index contributed by atoms with van der Waals surface area (Å²) in [5, 5.41) is 0. The molecule has 2 saturated carbocycles. The Kier molecular flexibility index (Phi) is 2.91. The molecule has 0 aromatic heterocycles. The van der Waals surface area contributed by atoms with Gasteiger partial charge in [0.15, 0.2) is 0 Å². The van der Waals surface area contributed by atoms with Crippen molar-refractivity contribution in [3.63, 3.8) is 0 Å². The van der Waals surface area contributed by atoms with Gasteiger partial charge < -0.3 is 5.73 Å². The average Bonchev–Trinajstić information content (AvgIpc) is 2.88. The quantitative estimate of drug-likeness (QED) is 0.748. The molecule has 0 heterocycles. The van der Waals surface area contributed by atoms with Crippen LogP contribution in [0.1, 0.15) is 57.8 Å². The highest BCUT2D eigenvalue weighted by Crippen LogP contribution is 2.35. The molecule has 2 fully saturated rings. The maximum Gasteiger partial charge on any atom is 0.135 e. The molecule has 0 atom stereocenters. The van der Waals surface area contributed by atoms with Crippen molar-refractivity contribution in [2.75, 3.05) is 0 Å². The third kappa shape index (κ3) is 2.81. The Labute approximate surface area is 86.2 Å². The molecule has 0 saturated heterocycles. The van der Waals surface area contributed by atoms with Gasteiger partial charge in [0, 0.05) is 18.4 Å². The third-order valence-corrected chi connectivity index (χ3v) is 3.61. The smallest absolute Gasteiger partial charge is 0.135 e. The predicted octanol–water partition coefficient (Wildman–Crippen LogP) is 2.41. The Balaban J connectivity index is 1.78. The molecule has 80 valence electrons. The SMILES string of the molecule is NC1(CC(=O)CC2CC2)CCCCC1. The van der Waals surface area contributed by atoms with E-state index in [0.717, 1.165) is 25.2 Å². The molecular weight excluding hydrogens is 174 g/mol. The molecule has 2 rings (SSSR count). The van der Waals surface area contributed by atoms with Crippen LogP contribution in [0.2, 0.25) is 0 Å². The molecule has 0 aromatic rings. The van der Waals surface area contributed by atoms with Crippen LogP contribution in [-0.2, 0) is 4.79 Å². The van der Waals surface area contributed by atoms with Gasteiger partial charge in [-0.15, -0.1) is 0 Å². The summed E-state index contributed by atoms with van der Waals surface area (Å²) in [5.74, 6) is 1.13. The van der Waals surface area contributed by atoms with Gasteiger partial charge in [0.05, 0.1) is 0 Å². The monoisotopic (exact) mass is 195 g/mol. The summed E-state index contributed by atoms with van der Waals surface area (Å²) in [6.07, 6.45) is 9.83. The minimum Gasteiger partial charge on any atom is -0.325 e. The molecule has 0 bridgehead atoms. The fourth-order valence-electron chi connectivity index (χ4n) is 2.54. The highest BCUT2D eigenvalue weighted by atomic mass is 16.1. The maximum atomic E-state index is 11.7. The van der Waals surface area contributed by atoms with Gasteiger partial charge in [0.1, 0.15) is 5.78 Å². The number of rotatable bonds is 4. The second-order valence-electron chi connectivity index (χ2n) is 5.29. The lowest BCUT2D eigenvalue weighted by Crippen LogP contribution is -2.43. The summed E-state index contributed by atoms with van der Waals surface area (Å²) in [5.41, 5.74) is 6.10. The zero-order chi connectivity index (χ0) is 10.0. The number of hydrogen-bond donors (Lipinski definition) is 1. The zero-order valence-corrected chi connectivity index (χ0v) is 8.93. The van der Waals surface area contributed by atoms with E-state index in [4.69, 9.17) is 5.73 Å². The number of Topliss-reactive ketones (excluding diaryl/α,β-unsaturated/α-hetero) is 1. The van der Waals surface area contributed by atoms with Crippen LogP contribution in [0.5, 0.6) is 0 Å². The fourth-order valence-corrected chi connectivity index (χ4v) is 2.54. The van der Waals surface area contributed by atoms with Crippen molar-refractivity contribution in [1.29, 1.82) is 0 Å². The first kappa shape index (κ1) is 10.2. The number of nitrogens with two attached hydrogens (primary N) is 1. The van der Waals surface area contributed by atoms with E-state index >= 15 is 0 Å². The van der Waals surface area contributed by atoms with Crippen molar-refractivity contribution in [3.05, 3.63) is 0 Å². The van der Waals surface area contributed by atoms with Crippen LogP contribution in [0.3, 0.4) is 0 Å². The van der Waals surface area contributed by atoms with Crippen LogP contribution in [0.25, 0.3) is 0 Å². The summed E-state index contributed by atoms with van der Waals surface area (Å²) in [6, 6.07) is 0. The van der Waals surface area contributed by atoms with Gasteiger partial charge in [-0.05, 0) is 31.6 Å². The molecule has 2 N–H and O–H groups in total. The van der Waals surface area contributed by atoms with E-state index in [-0.39, 0.29) is 5.54 Å². The number of ketones is 1. The molecule has 14 heavy (non-hydrogen) atoms. The predicted molar refractivity (Wildman–Crippen MR) is 57.0 cm³/mol. The summed E-state index contributed by atoms with van der Waals surface area (Å²) >= 11 is 0. The lowest BCUT2D eigenvalue weighted by molar-refractivity contribution is -0.120. The zero-order valence-electron chi connectivity index (χ0n) is 8.93. The average molecular weight is 195 g/mol. The van der Waals surface area contributed by atoms with E-state index in [2.05, 4.69) is 0 Å². The van der Waals surface area contributed by atoms with Crippen molar-refractivity contribution >= 4 is 5.78 Å². The lowest BCUT2D eigenvalue weighted by atomic mass is 9.78. The van der Waals surface area contributed by atoms with E-state index in [1.807, 2.05) is 0 Å². The Hall–Kier alpha value is -0.370. The molecule has 0 aliphatic heterocycles. The van der Waals surface area contributed by atoms with E-state index in [9.17, 15) is 4.79 Å². The molecule has 0 radical (unpaired) electrons. The van der Waals surface area contributed by atoms with Gasteiger partial charge in [0.2, 0.25) is 0 Å². The second-order valence-corrected chi connectivity index (χ2v) is 5.29. The number of hydrogen-bond acceptors (Lipinski definition) is 2. The van der Waals surface area contributed by atoms with Gasteiger partial charge >= 0.3 is 0 Å². The Morgan fingerprint density at radius 2 is 1.86 bits per heavy atom. The molecule has 2 heteroatoms. The molecule has 0 amide bonds. The van der Waals surface area contributed by atoms with E-state index in [0.29, 0.717) is 12.2 Å². The lowest BCUT2D eigenvalue weighted by Gasteiger charge is -2.32. The minimum atomic E-state index is -0.135. The Morgan fingerprint density at radius 3 is 2.43 bits per heavy atom. The largest absolute Gasteiger partial charge is 0.325 e. The highest BCUT2D eigenvalue weighted by molar-refractivity contribution is 5.80. The van der Waals surface area contributed by atoms with Crippen molar-refractivity contribution in [1.82, 2.24) is 0 Å². The number of carbonyl (C=O) groups is 1. The van der Waals surface area contributed by atoms with Gasteiger partial charge in [-0.1, -0.05) is 19.3 Å². The van der Waals surface area contributed by atoms with Gasteiger partial charge in [-0.2, -0.15) is 0 Å². The normalized spacial score (nSPS) is 26.1. The van der Waals surface area contributed by atoms with Crippen molar-refractivity contribution in [3.8, 4) is 0 Å². The molecule has 0 unspecified atom stereocenters. The standard InChI is InChI=1S/C12H21NO/c13-12(6-2-1-3-7-12)9-11(14)8-10-4-5-10/h10H,1-9,13H2. The first-order valence-corrected chi connectivity index (χ1v) is 5.99. The molecular formula is C12H21NO. The first-order chi connectivity index (χ1) is 6.68. The van der Waals surface area contributed by atoms with Crippen molar-refractivity contribution in [2.45, 2.75) is 63.3 Å². The van der Waals surface area contributed by atoms with Crippen LogP contribution >= 0.6 is 0 Å². The topological polar surface area (TPSA) is 43.1 Å². The van der Waals surface area contributed by atoms with Crippen LogP contribution in [0, 0.1) is 5.92 Å². The fraction of sp³-hybridized carbons (Fsp3) is 0.917. The highest BCUT2D eigenvalue weighted by Gasteiger charge is 2.32. The van der Waals surface area contributed by atoms with E-state index in [1.54, 1.807) is 0 Å². The summed E-state index contributed by atoms with van der Waals surface area (Å²) in [6.45, 7) is 0. The minimum absolute atomic E-state index is 0.135. The van der Waals surface area contributed by atoms with E-state index < -0.39 is 0 Å². The summed E-state index contributed by atoms with van der Waals surface area (Å²) in [4.78, 5) is 11.7. The Bertz CT molecular complexity index is 214. The van der Waals surface area contributed by atoms with Crippen LogP contribution in [-0.4, -0.2) is 11.3 Å². The molecule has 2 aliphatic rings. The number of carbonyl (C=O) groups excluding carboxylic acids is 1. The first-order valence-electron chi connectivity index (χ1n) is 5.99. The summed E-state index contributed by atoms with van der Waals surface area (Å²) < 4.78 is 0. The third-order valence-electron chi connectivity index (χ3n) is 3.61. The summed E-state index contributed by atoms with van der Waals surface area (Å²) in [7, 11) is 0. The van der Waals surface area contributed by atoms with E-state index in [1.165, 1.54) is 32.1 Å². The van der Waals surface area contributed by atoms with Crippen molar-refractivity contribution in [2.24, 2.45) is 11.7 Å². The second kappa shape index (κ2) is 4.01. The molecule has 0 aromatic carbocycles. The van der Waals surface area contributed by atoms with Gasteiger partial charge in [-0.25, -0.2) is 0 Å². The molecule has 0 spiro atoms. The van der Waals surface area contributed by atoms with Crippen molar-refractivity contribution < 1.29 is 4.79 Å². The molecule has 2 nitrogen and oxygen atoms in total. The maximum absolute atomic E-state index is 11.7. The van der Waals surface area contributed by atoms with Crippen LogP contribution < -0.4 is 5.73 Å². The van der Waals surface area contributed by atoms with Crippen LogP contribution in [0.15, 0.2) is 0 Å². The van der Waals surface area contributed by atoms with Crippen LogP contribution in [0.4, 0.5) is 0 Å². The van der Waals surface area contributed by atoms with Gasteiger partial charge in [0.25, 0.3) is 0 Å².